The molecule has 1 aromatic rings. The first-order valence-corrected chi connectivity index (χ1v) is 4.74. The highest BCUT2D eigenvalue weighted by atomic mass is 35.5. The van der Waals surface area contributed by atoms with E-state index in [-0.39, 0.29) is 18.9 Å². The molecular formula is C9H6ClF5O. The summed E-state index contributed by atoms with van der Waals surface area (Å²) in [7, 11) is 0. The molecule has 0 unspecified atom stereocenters. The van der Waals surface area contributed by atoms with E-state index in [4.69, 9.17) is 11.6 Å². The highest BCUT2D eigenvalue weighted by Gasteiger charge is 2.26. The summed E-state index contributed by atoms with van der Waals surface area (Å²) in [5.74, 6) is -11.4. The number of hydrogen-bond acceptors (Lipinski definition) is 1. The van der Waals surface area contributed by atoms with Gasteiger partial charge in [-0.15, -0.1) is 11.6 Å². The second kappa shape index (κ2) is 5.34. The molecule has 0 heterocycles. The van der Waals surface area contributed by atoms with Crippen molar-refractivity contribution in [2.24, 2.45) is 0 Å². The van der Waals surface area contributed by atoms with E-state index in [1.165, 1.54) is 0 Å². The van der Waals surface area contributed by atoms with Crippen molar-refractivity contribution in [3.05, 3.63) is 29.1 Å². The van der Waals surface area contributed by atoms with Crippen molar-refractivity contribution in [3.8, 4) is 5.75 Å². The van der Waals surface area contributed by atoms with Gasteiger partial charge in [0.15, 0.2) is 5.75 Å². The third kappa shape index (κ3) is 2.37. The second-order valence-corrected chi connectivity index (χ2v) is 3.17. The van der Waals surface area contributed by atoms with Crippen molar-refractivity contribution in [1.82, 2.24) is 0 Å². The van der Waals surface area contributed by atoms with Crippen LogP contribution in [0.25, 0.3) is 0 Å². The standard InChI is InChI=1S/C9H6ClF5O/c10-2-1-3-16-9-7(14)5(12)4(11)6(13)8(9)15/h1-3H2. The number of benzene rings is 1. The van der Waals surface area contributed by atoms with E-state index < -0.39 is 34.8 Å². The Kier molecular flexibility index (Phi) is 4.35. The van der Waals surface area contributed by atoms with E-state index in [0.29, 0.717) is 0 Å². The fraction of sp³-hybridized carbons (Fsp3) is 0.333. The number of rotatable bonds is 4. The van der Waals surface area contributed by atoms with E-state index in [2.05, 4.69) is 4.74 Å². The molecule has 0 aliphatic rings. The lowest BCUT2D eigenvalue weighted by Crippen LogP contribution is -2.08. The molecule has 7 heteroatoms. The molecule has 0 radical (unpaired) electrons. The maximum atomic E-state index is 13.0. The van der Waals surface area contributed by atoms with Crippen molar-refractivity contribution < 1.29 is 26.7 Å². The number of alkyl halides is 1. The lowest BCUT2D eigenvalue weighted by Gasteiger charge is -2.09. The molecule has 1 nitrogen and oxygen atoms in total. The molecule has 0 saturated carbocycles. The zero-order valence-electron chi connectivity index (χ0n) is 7.80. The Bertz CT molecular complexity index is 367. The summed E-state index contributed by atoms with van der Waals surface area (Å²) < 4.78 is 68.2. The molecule has 0 aromatic heterocycles. The Hall–Kier alpha value is -1.04. The summed E-state index contributed by atoms with van der Waals surface area (Å²) in [6.45, 7) is -0.234. The molecule has 0 fully saturated rings. The fourth-order valence-electron chi connectivity index (χ4n) is 0.940. The zero-order valence-corrected chi connectivity index (χ0v) is 8.55. The molecule has 0 aliphatic carbocycles. The van der Waals surface area contributed by atoms with Gasteiger partial charge in [0.1, 0.15) is 0 Å². The van der Waals surface area contributed by atoms with Crippen LogP contribution < -0.4 is 4.74 Å². The van der Waals surface area contributed by atoms with Crippen molar-refractivity contribution in [2.45, 2.75) is 6.42 Å². The Balaban J connectivity index is 3.08. The molecule has 16 heavy (non-hydrogen) atoms. The van der Waals surface area contributed by atoms with Crippen LogP contribution in [0.5, 0.6) is 5.75 Å². The quantitative estimate of drug-likeness (QED) is 0.265. The highest BCUT2D eigenvalue weighted by molar-refractivity contribution is 6.17. The average Bonchev–Trinajstić information content (AvgIpc) is 2.28. The highest BCUT2D eigenvalue weighted by Crippen LogP contribution is 2.29. The smallest absolute Gasteiger partial charge is 0.206 e. The van der Waals surface area contributed by atoms with Crippen molar-refractivity contribution in [3.63, 3.8) is 0 Å². The second-order valence-electron chi connectivity index (χ2n) is 2.79. The number of hydrogen-bond donors (Lipinski definition) is 0. The molecule has 0 aliphatic heterocycles. The molecular weight excluding hydrogens is 255 g/mol. The van der Waals surface area contributed by atoms with Gasteiger partial charge in [-0.1, -0.05) is 0 Å². The first-order valence-electron chi connectivity index (χ1n) is 4.20. The summed E-state index contributed by atoms with van der Waals surface area (Å²) in [5, 5.41) is 0. The van der Waals surface area contributed by atoms with Crippen molar-refractivity contribution >= 4 is 11.6 Å². The third-order valence-corrected chi connectivity index (χ3v) is 1.96. The number of ether oxygens (including phenoxy) is 1. The van der Waals surface area contributed by atoms with E-state index in [0.717, 1.165) is 0 Å². The van der Waals surface area contributed by atoms with Crippen LogP contribution in [0.15, 0.2) is 0 Å². The van der Waals surface area contributed by atoms with Gasteiger partial charge in [-0.2, -0.15) is 8.78 Å². The molecule has 0 saturated heterocycles. The summed E-state index contributed by atoms with van der Waals surface area (Å²) in [4.78, 5) is 0. The number of halogens is 6. The lowest BCUT2D eigenvalue weighted by molar-refractivity contribution is 0.263. The largest absolute Gasteiger partial charge is 0.487 e. The maximum Gasteiger partial charge on any atom is 0.206 e. The van der Waals surface area contributed by atoms with Gasteiger partial charge >= 0.3 is 0 Å². The molecule has 0 N–H and O–H groups in total. The van der Waals surface area contributed by atoms with Gasteiger partial charge in [0, 0.05) is 5.88 Å². The Labute approximate surface area is 92.8 Å². The van der Waals surface area contributed by atoms with E-state index in [9.17, 15) is 22.0 Å². The molecule has 0 bridgehead atoms. The molecule has 0 spiro atoms. The minimum Gasteiger partial charge on any atom is -0.487 e. The van der Waals surface area contributed by atoms with Crippen molar-refractivity contribution in [1.29, 1.82) is 0 Å². The summed E-state index contributed by atoms with van der Waals surface area (Å²) in [6, 6.07) is 0. The molecule has 0 atom stereocenters. The first kappa shape index (κ1) is 13.0. The minimum absolute atomic E-state index is 0.148. The van der Waals surface area contributed by atoms with Gasteiger partial charge in [0.05, 0.1) is 6.61 Å². The van der Waals surface area contributed by atoms with Crippen molar-refractivity contribution in [2.75, 3.05) is 12.5 Å². The molecule has 1 aromatic carbocycles. The van der Waals surface area contributed by atoms with E-state index in [1.807, 2.05) is 0 Å². The van der Waals surface area contributed by atoms with Crippen LogP contribution in [-0.2, 0) is 0 Å². The zero-order chi connectivity index (χ0) is 12.3. The SMILES string of the molecule is Fc1c(F)c(F)c(OCCCCl)c(F)c1F. The minimum atomic E-state index is -2.21. The maximum absolute atomic E-state index is 13.0. The van der Waals surface area contributed by atoms with Gasteiger partial charge in [0.2, 0.25) is 29.1 Å². The Morgan fingerprint density at radius 1 is 0.812 bits per heavy atom. The average molecular weight is 261 g/mol. The summed E-state index contributed by atoms with van der Waals surface area (Å²) in [5.41, 5.74) is 0. The van der Waals surface area contributed by atoms with Crippen LogP contribution in [0.3, 0.4) is 0 Å². The van der Waals surface area contributed by atoms with Crippen LogP contribution in [0.2, 0.25) is 0 Å². The molecule has 90 valence electrons. The predicted octanol–water partition coefficient (Wildman–Crippen LogP) is 3.39. The van der Waals surface area contributed by atoms with Gasteiger partial charge in [0.25, 0.3) is 0 Å². The Morgan fingerprint density at radius 2 is 1.25 bits per heavy atom. The van der Waals surface area contributed by atoms with Gasteiger partial charge in [-0.25, -0.2) is 13.2 Å². The lowest BCUT2D eigenvalue weighted by atomic mass is 10.2. The fourth-order valence-corrected chi connectivity index (χ4v) is 1.05. The van der Waals surface area contributed by atoms with Crippen LogP contribution in [0.4, 0.5) is 22.0 Å². The van der Waals surface area contributed by atoms with Crippen LogP contribution >= 0.6 is 11.6 Å². The molecule has 1 rings (SSSR count). The normalized spacial score (nSPS) is 10.6. The summed E-state index contributed by atoms with van der Waals surface area (Å²) >= 11 is 5.26. The van der Waals surface area contributed by atoms with E-state index in [1.54, 1.807) is 0 Å². The van der Waals surface area contributed by atoms with Crippen LogP contribution in [0.1, 0.15) is 6.42 Å². The van der Waals surface area contributed by atoms with E-state index >= 15 is 0 Å². The van der Waals surface area contributed by atoms with Gasteiger partial charge in [-0.05, 0) is 6.42 Å². The van der Waals surface area contributed by atoms with Crippen LogP contribution in [-0.4, -0.2) is 12.5 Å². The third-order valence-electron chi connectivity index (χ3n) is 1.69. The van der Waals surface area contributed by atoms with Gasteiger partial charge in [-0.3, -0.25) is 0 Å². The summed E-state index contributed by atoms with van der Waals surface area (Å²) in [6.07, 6.45) is 0.223. The van der Waals surface area contributed by atoms with Gasteiger partial charge < -0.3 is 4.74 Å². The molecule has 0 amide bonds. The van der Waals surface area contributed by atoms with Crippen LogP contribution in [0, 0.1) is 29.1 Å². The Morgan fingerprint density at radius 3 is 1.69 bits per heavy atom. The first-order chi connectivity index (χ1) is 7.50. The predicted molar refractivity (Wildman–Crippen MR) is 47.1 cm³/mol. The topological polar surface area (TPSA) is 9.23 Å². The monoisotopic (exact) mass is 260 g/mol.